The molecular formula is C34H35F2N3O4. The van der Waals surface area contributed by atoms with Crippen LogP contribution in [0.5, 0.6) is 5.88 Å². The number of methoxy groups -OCH3 is 1. The number of hydrogen-bond acceptors (Lipinski definition) is 5. The first kappa shape index (κ1) is 31.3. The molecule has 0 saturated heterocycles. The van der Waals surface area contributed by atoms with Crippen LogP contribution in [0.2, 0.25) is 0 Å². The first-order valence-corrected chi connectivity index (χ1v) is 14.1. The number of fused-ring (bicyclic) bond motifs is 1. The fourth-order valence-corrected chi connectivity index (χ4v) is 4.70. The van der Waals surface area contributed by atoms with E-state index in [0.29, 0.717) is 64.7 Å². The molecule has 0 bridgehead atoms. The van der Waals surface area contributed by atoms with Crippen LogP contribution in [-0.2, 0) is 31.0 Å². The van der Waals surface area contributed by atoms with E-state index in [1.165, 1.54) is 12.1 Å². The normalized spacial score (nSPS) is 10.8. The van der Waals surface area contributed by atoms with Crippen molar-refractivity contribution in [2.24, 2.45) is 0 Å². The molecule has 0 saturated carbocycles. The Morgan fingerprint density at radius 2 is 1.74 bits per heavy atom. The molecule has 5 rings (SSSR count). The van der Waals surface area contributed by atoms with Gasteiger partial charge in [0, 0.05) is 37.3 Å². The highest BCUT2D eigenvalue weighted by Gasteiger charge is 2.16. The third-order valence-corrected chi connectivity index (χ3v) is 6.90. The van der Waals surface area contributed by atoms with E-state index in [1.807, 2.05) is 43.5 Å². The lowest BCUT2D eigenvalue weighted by molar-refractivity contribution is 0.0697. The number of alkyl halides is 1. The number of nitrogens with zero attached hydrogens (tertiary/aromatic N) is 3. The number of hydrogen-bond donors (Lipinski definition) is 1. The Bertz CT molecular complexity index is 1720. The number of carbonyl (C=O) groups is 1. The van der Waals surface area contributed by atoms with Crippen molar-refractivity contribution in [3.05, 3.63) is 112 Å². The van der Waals surface area contributed by atoms with Gasteiger partial charge in [-0.05, 0) is 60.0 Å². The minimum absolute atomic E-state index is 0.0370. The van der Waals surface area contributed by atoms with E-state index >= 15 is 0 Å². The summed E-state index contributed by atoms with van der Waals surface area (Å²) in [5.74, 6) is -0.337. The van der Waals surface area contributed by atoms with Crippen molar-refractivity contribution < 1.29 is 28.2 Å². The van der Waals surface area contributed by atoms with Crippen molar-refractivity contribution in [3.8, 4) is 17.1 Å². The average molecular weight is 588 g/mol. The molecule has 0 unspecified atom stereocenters. The Labute approximate surface area is 249 Å². The molecule has 1 N–H and O–H groups in total. The van der Waals surface area contributed by atoms with Gasteiger partial charge in [-0.3, -0.25) is 0 Å². The summed E-state index contributed by atoms with van der Waals surface area (Å²) in [6.07, 6.45) is 0.346. The van der Waals surface area contributed by atoms with E-state index in [-0.39, 0.29) is 18.0 Å². The van der Waals surface area contributed by atoms with E-state index < -0.39 is 12.6 Å². The second-order valence-electron chi connectivity index (χ2n) is 9.72. The predicted octanol–water partition coefficient (Wildman–Crippen LogP) is 7.56. The molecule has 9 heteroatoms. The number of aromatic carboxylic acids is 1. The zero-order valence-corrected chi connectivity index (χ0v) is 24.7. The molecule has 0 aliphatic rings. The minimum Gasteiger partial charge on any atom is -0.478 e. The van der Waals surface area contributed by atoms with E-state index in [0.717, 1.165) is 11.1 Å². The van der Waals surface area contributed by atoms with E-state index in [4.69, 9.17) is 14.5 Å². The van der Waals surface area contributed by atoms with Crippen LogP contribution in [0, 0.1) is 12.7 Å². The summed E-state index contributed by atoms with van der Waals surface area (Å²) in [6.45, 7) is 6.05. The van der Waals surface area contributed by atoms with Gasteiger partial charge in [0.15, 0.2) is 0 Å². The fraction of sp³-hybridized carbons (Fsp3) is 0.265. The highest BCUT2D eigenvalue weighted by molar-refractivity contribution is 5.92. The van der Waals surface area contributed by atoms with Crippen LogP contribution in [0.15, 0.2) is 72.8 Å². The van der Waals surface area contributed by atoms with E-state index in [2.05, 4.69) is 4.98 Å². The molecule has 5 aromatic rings. The van der Waals surface area contributed by atoms with Gasteiger partial charge in [-0.2, -0.15) is 0 Å². The number of imidazole rings is 1. The number of rotatable bonds is 11. The molecule has 43 heavy (non-hydrogen) atoms. The van der Waals surface area contributed by atoms with Crippen molar-refractivity contribution in [1.82, 2.24) is 14.5 Å². The van der Waals surface area contributed by atoms with Gasteiger partial charge in [-0.1, -0.05) is 44.2 Å². The van der Waals surface area contributed by atoms with Crippen LogP contribution in [0.3, 0.4) is 0 Å². The number of pyridine rings is 1. The topological polar surface area (TPSA) is 86.5 Å². The maximum Gasteiger partial charge on any atom is 0.335 e. The van der Waals surface area contributed by atoms with Crippen LogP contribution in [0.25, 0.3) is 22.3 Å². The number of benzene rings is 3. The average Bonchev–Trinajstić information content (AvgIpc) is 3.36. The molecule has 0 radical (unpaired) electrons. The summed E-state index contributed by atoms with van der Waals surface area (Å²) < 4.78 is 41.4. The highest BCUT2D eigenvalue weighted by Crippen LogP contribution is 2.27. The zero-order valence-electron chi connectivity index (χ0n) is 24.7. The maximum atomic E-state index is 14.3. The lowest BCUT2D eigenvalue weighted by Gasteiger charge is -2.13. The summed E-state index contributed by atoms with van der Waals surface area (Å²) in [6, 6.07) is 20.5. The number of ether oxygens (including phenoxy) is 2. The smallest absolute Gasteiger partial charge is 0.335 e. The van der Waals surface area contributed by atoms with Crippen molar-refractivity contribution >= 4 is 17.0 Å². The third kappa shape index (κ3) is 7.42. The van der Waals surface area contributed by atoms with Crippen LogP contribution in [-0.4, -0.2) is 39.3 Å². The van der Waals surface area contributed by atoms with Crippen LogP contribution in [0.1, 0.15) is 52.3 Å². The number of halogens is 2. The second kappa shape index (κ2) is 14.5. The molecule has 2 heterocycles. The molecule has 224 valence electrons. The molecule has 0 spiro atoms. The Balaban J connectivity index is 0.00000207. The molecule has 3 aromatic carbocycles. The number of aromatic nitrogens is 3. The molecule has 2 aromatic heterocycles. The Morgan fingerprint density at radius 1 is 0.953 bits per heavy atom. The van der Waals surface area contributed by atoms with Gasteiger partial charge in [0.25, 0.3) is 0 Å². The van der Waals surface area contributed by atoms with Gasteiger partial charge in [0.1, 0.15) is 24.9 Å². The van der Waals surface area contributed by atoms with Crippen LogP contribution in [0.4, 0.5) is 8.78 Å². The van der Waals surface area contributed by atoms with Gasteiger partial charge in [0.05, 0.1) is 28.9 Å². The standard InChI is InChI=1S/C32H29F2N3O4.C2H6/c1-20-6-7-24(26(34)14-20)19-41-31-5-3-4-27(36-31)22-9-8-21(25(15-22)18-33)17-30-35-28-11-10-23(32(38)39)16-29(28)37(30)12-13-40-2;1-2/h3-11,14-16H,12-13,17-19H2,1-2H3,(H,38,39);1-2H3. The third-order valence-electron chi connectivity index (χ3n) is 6.90. The van der Waals surface area contributed by atoms with Gasteiger partial charge in [-0.25, -0.2) is 23.5 Å². The summed E-state index contributed by atoms with van der Waals surface area (Å²) in [5.41, 5.74) is 5.33. The molecular weight excluding hydrogens is 552 g/mol. The summed E-state index contributed by atoms with van der Waals surface area (Å²) >= 11 is 0. The Kier molecular flexibility index (Phi) is 10.6. The number of carboxylic acids is 1. The Hall–Kier alpha value is -4.63. The van der Waals surface area contributed by atoms with Crippen molar-refractivity contribution in [2.45, 2.75) is 47.0 Å². The van der Waals surface area contributed by atoms with Crippen LogP contribution < -0.4 is 4.74 Å². The van der Waals surface area contributed by atoms with Crippen molar-refractivity contribution in [3.63, 3.8) is 0 Å². The molecule has 0 atom stereocenters. The molecule has 0 aliphatic heterocycles. The highest BCUT2D eigenvalue weighted by atomic mass is 19.1. The van der Waals surface area contributed by atoms with Crippen LogP contribution >= 0.6 is 0 Å². The fourth-order valence-electron chi connectivity index (χ4n) is 4.70. The lowest BCUT2D eigenvalue weighted by atomic mass is 10.00. The molecule has 0 fully saturated rings. The molecule has 0 amide bonds. The quantitative estimate of drug-likeness (QED) is 0.172. The van der Waals surface area contributed by atoms with Crippen molar-refractivity contribution in [2.75, 3.05) is 13.7 Å². The monoisotopic (exact) mass is 587 g/mol. The van der Waals surface area contributed by atoms with Gasteiger partial charge in [-0.15, -0.1) is 0 Å². The largest absolute Gasteiger partial charge is 0.478 e. The Morgan fingerprint density at radius 3 is 2.47 bits per heavy atom. The predicted molar refractivity (Wildman–Crippen MR) is 163 cm³/mol. The van der Waals surface area contributed by atoms with E-state index in [1.54, 1.807) is 49.6 Å². The first-order chi connectivity index (χ1) is 20.9. The zero-order chi connectivity index (χ0) is 30.9. The van der Waals surface area contributed by atoms with Gasteiger partial charge in [0.2, 0.25) is 5.88 Å². The maximum absolute atomic E-state index is 14.3. The second-order valence-corrected chi connectivity index (χ2v) is 9.72. The summed E-state index contributed by atoms with van der Waals surface area (Å²) in [5, 5.41) is 9.44. The summed E-state index contributed by atoms with van der Waals surface area (Å²) in [7, 11) is 1.59. The minimum atomic E-state index is -1.02. The number of aryl methyl sites for hydroxylation is 1. The first-order valence-electron chi connectivity index (χ1n) is 14.1. The van der Waals surface area contributed by atoms with Gasteiger partial charge < -0.3 is 19.1 Å². The summed E-state index contributed by atoms with van der Waals surface area (Å²) in [4.78, 5) is 20.8. The molecule has 7 nitrogen and oxygen atoms in total. The number of carboxylic acid groups (broad SMARTS) is 1. The lowest BCUT2D eigenvalue weighted by Crippen LogP contribution is -2.10. The van der Waals surface area contributed by atoms with Gasteiger partial charge >= 0.3 is 5.97 Å². The molecule has 0 aliphatic carbocycles. The van der Waals surface area contributed by atoms with Crippen molar-refractivity contribution in [1.29, 1.82) is 0 Å². The SMILES string of the molecule is CC.COCCn1c(Cc2ccc(-c3cccc(OCc4ccc(C)cc4F)n3)cc2CF)nc2ccc(C(=O)O)cc21. The van der Waals surface area contributed by atoms with E-state index in [9.17, 15) is 18.7 Å².